The van der Waals surface area contributed by atoms with Gasteiger partial charge in [0.05, 0.1) is 6.33 Å². The molecule has 2 fully saturated rings. The minimum atomic E-state index is -0.0385. The van der Waals surface area contributed by atoms with Crippen LogP contribution < -0.4 is 10.6 Å². The predicted molar refractivity (Wildman–Crippen MR) is 77.5 cm³/mol. The van der Waals surface area contributed by atoms with Crippen LogP contribution in [0.25, 0.3) is 0 Å². The summed E-state index contributed by atoms with van der Waals surface area (Å²) in [6, 6.07) is 0.281. The van der Waals surface area contributed by atoms with E-state index < -0.39 is 0 Å². The van der Waals surface area contributed by atoms with E-state index in [2.05, 4.69) is 15.6 Å². The van der Waals surface area contributed by atoms with Crippen molar-refractivity contribution < 1.29 is 4.79 Å². The highest BCUT2D eigenvalue weighted by Gasteiger charge is 2.37. The number of imidazole rings is 1. The third-order valence-electron chi connectivity index (χ3n) is 4.71. The maximum Gasteiger partial charge on any atom is 0.271 e. The van der Waals surface area contributed by atoms with Gasteiger partial charge in [-0.15, -0.1) is 0 Å². The van der Waals surface area contributed by atoms with E-state index in [1.54, 1.807) is 17.1 Å². The lowest BCUT2D eigenvalue weighted by molar-refractivity contribution is 0.0888. The lowest BCUT2D eigenvalue weighted by Gasteiger charge is -2.44. The first kappa shape index (κ1) is 13.6. The summed E-state index contributed by atoms with van der Waals surface area (Å²) in [5, 5.41) is 6.88. The zero-order chi connectivity index (χ0) is 14.0. The molecule has 110 valence electrons. The van der Waals surface area contributed by atoms with Crippen molar-refractivity contribution in [3.8, 4) is 0 Å². The molecule has 1 saturated heterocycles. The van der Waals surface area contributed by atoms with Gasteiger partial charge < -0.3 is 15.2 Å². The van der Waals surface area contributed by atoms with E-state index in [-0.39, 0.29) is 17.5 Å². The van der Waals surface area contributed by atoms with Crippen molar-refractivity contribution in [1.82, 2.24) is 20.2 Å². The zero-order valence-corrected chi connectivity index (χ0v) is 12.2. The molecular formula is C15H24N4O. The number of hydrogen-bond acceptors (Lipinski definition) is 3. The molecular weight excluding hydrogens is 252 g/mol. The van der Waals surface area contributed by atoms with E-state index in [0.29, 0.717) is 5.69 Å². The summed E-state index contributed by atoms with van der Waals surface area (Å²) >= 11 is 0. The minimum absolute atomic E-state index is 0.0385. The van der Waals surface area contributed by atoms with Gasteiger partial charge in [-0.05, 0) is 32.2 Å². The Bertz CT molecular complexity index is 470. The van der Waals surface area contributed by atoms with Crippen LogP contribution in [-0.2, 0) is 7.05 Å². The average Bonchev–Trinajstić information content (AvgIpc) is 2.86. The Morgan fingerprint density at radius 3 is 2.95 bits per heavy atom. The van der Waals surface area contributed by atoms with Crippen LogP contribution in [0.4, 0.5) is 0 Å². The molecule has 1 atom stereocenters. The zero-order valence-electron chi connectivity index (χ0n) is 12.2. The highest BCUT2D eigenvalue weighted by atomic mass is 16.2. The lowest BCUT2D eigenvalue weighted by Crippen LogP contribution is -2.57. The summed E-state index contributed by atoms with van der Waals surface area (Å²) < 4.78 is 1.81. The highest BCUT2D eigenvalue weighted by molar-refractivity contribution is 5.92. The molecule has 20 heavy (non-hydrogen) atoms. The van der Waals surface area contributed by atoms with Gasteiger partial charge in [0, 0.05) is 24.8 Å². The number of piperidine rings is 1. The summed E-state index contributed by atoms with van der Waals surface area (Å²) in [5.41, 5.74) is 0.794. The van der Waals surface area contributed by atoms with Crippen molar-refractivity contribution in [3.63, 3.8) is 0 Å². The number of hydrogen-bond donors (Lipinski definition) is 2. The molecule has 1 aromatic heterocycles. The number of carbonyl (C=O) groups excluding carboxylic acids is 1. The summed E-state index contributed by atoms with van der Waals surface area (Å²) in [5.74, 6) is -0.0385. The maximum absolute atomic E-state index is 12.2. The molecule has 1 aliphatic heterocycles. The molecule has 0 aromatic carbocycles. The Hall–Kier alpha value is -1.36. The molecule has 1 saturated carbocycles. The molecule has 2 heterocycles. The molecule has 1 spiro atoms. The lowest BCUT2D eigenvalue weighted by atomic mass is 9.75. The van der Waals surface area contributed by atoms with E-state index >= 15 is 0 Å². The molecule has 5 heteroatoms. The summed E-state index contributed by atoms with van der Waals surface area (Å²) in [7, 11) is 1.88. The second-order valence-corrected chi connectivity index (χ2v) is 6.36. The fourth-order valence-corrected chi connectivity index (χ4v) is 3.68. The molecule has 3 rings (SSSR count). The van der Waals surface area contributed by atoms with Gasteiger partial charge in [-0.3, -0.25) is 4.79 Å². The molecule has 0 bridgehead atoms. The van der Waals surface area contributed by atoms with Crippen molar-refractivity contribution in [2.24, 2.45) is 7.05 Å². The molecule has 1 aromatic rings. The molecule has 0 radical (unpaired) electrons. The number of aryl methyl sites for hydroxylation is 1. The number of nitrogens with one attached hydrogen (secondary N) is 2. The summed E-state index contributed by atoms with van der Waals surface area (Å²) in [6.07, 6.45) is 12.0. The van der Waals surface area contributed by atoms with Gasteiger partial charge in [0.15, 0.2) is 0 Å². The number of nitrogens with zero attached hydrogens (tertiary/aromatic N) is 2. The van der Waals surface area contributed by atoms with Gasteiger partial charge in [0.1, 0.15) is 5.69 Å². The van der Waals surface area contributed by atoms with E-state index in [1.807, 2.05) is 7.05 Å². The highest BCUT2D eigenvalue weighted by Crippen LogP contribution is 2.34. The Balaban J connectivity index is 1.61. The Morgan fingerprint density at radius 2 is 2.25 bits per heavy atom. The standard InChI is InChI=1S/C15H24N4O/c1-19-10-13(16-11-19)14(20)18-12-5-8-17-15(9-12)6-3-2-4-7-15/h10-12,17H,2-9H2,1H3,(H,18,20). The minimum Gasteiger partial charge on any atom is -0.348 e. The SMILES string of the molecule is Cn1cnc(C(=O)NC2CCNC3(CCCCC3)C2)c1. The second kappa shape index (κ2) is 5.56. The van der Waals surface area contributed by atoms with Gasteiger partial charge in [0.2, 0.25) is 0 Å². The smallest absolute Gasteiger partial charge is 0.271 e. The largest absolute Gasteiger partial charge is 0.348 e. The van der Waals surface area contributed by atoms with Gasteiger partial charge >= 0.3 is 0 Å². The van der Waals surface area contributed by atoms with Crippen molar-refractivity contribution in [1.29, 1.82) is 0 Å². The third kappa shape index (κ3) is 2.87. The summed E-state index contributed by atoms with van der Waals surface area (Å²) in [4.78, 5) is 16.3. The van der Waals surface area contributed by atoms with Crippen LogP contribution in [0.3, 0.4) is 0 Å². The van der Waals surface area contributed by atoms with Crippen molar-refractivity contribution in [2.75, 3.05) is 6.54 Å². The Morgan fingerprint density at radius 1 is 1.45 bits per heavy atom. The molecule has 2 aliphatic rings. The molecule has 2 N–H and O–H groups in total. The van der Waals surface area contributed by atoms with Crippen LogP contribution in [0.5, 0.6) is 0 Å². The van der Waals surface area contributed by atoms with E-state index in [1.165, 1.54) is 32.1 Å². The van der Waals surface area contributed by atoms with E-state index in [0.717, 1.165) is 19.4 Å². The van der Waals surface area contributed by atoms with Crippen LogP contribution in [0, 0.1) is 0 Å². The molecule has 1 unspecified atom stereocenters. The second-order valence-electron chi connectivity index (χ2n) is 6.36. The normalized spacial score (nSPS) is 25.6. The van der Waals surface area contributed by atoms with Gasteiger partial charge in [-0.2, -0.15) is 0 Å². The van der Waals surface area contributed by atoms with E-state index in [9.17, 15) is 4.79 Å². The molecule has 1 amide bonds. The van der Waals surface area contributed by atoms with Crippen molar-refractivity contribution in [3.05, 3.63) is 18.2 Å². The fraction of sp³-hybridized carbons (Fsp3) is 0.733. The maximum atomic E-state index is 12.2. The average molecular weight is 276 g/mol. The molecule has 1 aliphatic carbocycles. The number of amides is 1. The monoisotopic (exact) mass is 276 g/mol. The van der Waals surface area contributed by atoms with Crippen LogP contribution in [0.1, 0.15) is 55.4 Å². The number of carbonyl (C=O) groups is 1. The number of aromatic nitrogens is 2. The Kier molecular flexibility index (Phi) is 3.78. The van der Waals surface area contributed by atoms with Gasteiger partial charge in [0.25, 0.3) is 5.91 Å². The first-order chi connectivity index (χ1) is 9.67. The Labute approximate surface area is 120 Å². The number of rotatable bonds is 2. The first-order valence-electron chi connectivity index (χ1n) is 7.71. The third-order valence-corrected chi connectivity index (χ3v) is 4.71. The van der Waals surface area contributed by atoms with Crippen molar-refractivity contribution in [2.45, 2.75) is 56.5 Å². The van der Waals surface area contributed by atoms with Crippen LogP contribution in [-0.4, -0.2) is 33.6 Å². The molecule has 5 nitrogen and oxygen atoms in total. The van der Waals surface area contributed by atoms with Gasteiger partial charge in [-0.25, -0.2) is 4.98 Å². The predicted octanol–water partition coefficient (Wildman–Crippen LogP) is 1.60. The van der Waals surface area contributed by atoms with Crippen molar-refractivity contribution >= 4 is 5.91 Å². The quantitative estimate of drug-likeness (QED) is 0.862. The van der Waals surface area contributed by atoms with Gasteiger partial charge in [-0.1, -0.05) is 19.3 Å². The fourth-order valence-electron chi connectivity index (χ4n) is 3.68. The topological polar surface area (TPSA) is 59.0 Å². The summed E-state index contributed by atoms with van der Waals surface area (Å²) in [6.45, 7) is 1.01. The first-order valence-corrected chi connectivity index (χ1v) is 7.71. The van der Waals surface area contributed by atoms with E-state index in [4.69, 9.17) is 0 Å². The van der Waals surface area contributed by atoms with Crippen LogP contribution in [0.2, 0.25) is 0 Å². The van der Waals surface area contributed by atoms with Crippen LogP contribution >= 0.6 is 0 Å². The van der Waals surface area contributed by atoms with Crippen LogP contribution in [0.15, 0.2) is 12.5 Å².